The lowest BCUT2D eigenvalue weighted by molar-refractivity contribution is 0.630. The largest absolute Gasteiger partial charge is 0.384 e. The molecule has 0 aliphatic heterocycles. The summed E-state index contributed by atoms with van der Waals surface area (Å²) in [6.45, 7) is 6.98. The maximum atomic E-state index is 13.9. The van der Waals surface area contributed by atoms with Gasteiger partial charge in [-0.2, -0.15) is 0 Å². The third-order valence-corrected chi connectivity index (χ3v) is 3.74. The minimum atomic E-state index is -0.598. The third kappa shape index (κ3) is 2.84. The summed E-state index contributed by atoms with van der Waals surface area (Å²) in [5.41, 5.74) is 2.35. The number of hydrogen-bond acceptors (Lipinski definition) is 2. The molecule has 1 N–H and O–H groups in total. The van der Waals surface area contributed by atoms with Crippen LogP contribution in [0.25, 0.3) is 10.9 Å². The summed E-state index contributed by atoms with van der Waals surface area (Å²) >= 11 is 12.0. The third-order valence-electron chi connectivity index (χ3n) is 3.11. The van der Waals surface area contributed by atoms with Crippen LogP contribution >= 0.6 is 23.2 Å². The molecule has 5 heteroatoms. The van der Waals surface area contributed by atoms with Crippen LogP contribution in [0.1, 0.15) is 38.8 Å². The second-order valence-electron chi connectivity index (χ2n) is 5.06. The van der Waals surface area contributed by atoms with E-state index in [2.05, 4.69) is 31.1 Å². The normalized spacial score (nSPS) is 11.3. The average Bonchev–Trinajstić information content (AvgIpc) is 2.41. The number of fused-ring (bicyclic) bond motifs is 1. The Morgan fingerprint density at radius 2 is 2.00 bits per heavy atom. The Balaban J connectivity index is 2.74. The molecule has 0 saturated carbocycles. The van der Waals surface area contributed by atoms with Crippen molar-refractivity contribution in [1.29, 1.82) is 0 Å². The van der Waals surface area contributed by atoms with Crippen LogP contribution in [-0.4, -0.2) is 11.5 Å². The van der Waals surface area contributed by atoms with Gasteiger partial charge in [0.2, 0.25) is 0 Å². The summed E-state index contributed by atoms with van der Waals surface area (Å²) in [5.74, 6) is -0.330. The van der Waals surface area contributed by atoms with Crippen molar-refractivity contribution in [3.8, 4) is 0 Å². The molecular formula is C15H17Cl2FN2. The van der Waals surface area contributed by atoms with Gasteiger partial charge in [0, 0.05) is 23.3 Å². The van der Waals surface area contributed by atoms with Crippen LogP contribution in [-0.2, 0) is 0 Å². The first-order chi connectivity index (χ1) is 9.45. The Labute approximate surface area is 128 Å². The van der Waals surface area contributed by atoms with Gasteiger partial charge >= 0.3 is 0 Å². The lowest BCUT2D eigenvalue weighted by Gasteiger charge is -2.15. The van der Waals surface area contributed by atoms with Gasteiger partial charge < -0.3 is 5.32 Å². The van der Waals surface area contributed by atoms with Crippen molar-refractivity contribution in [2.45, 2.75) is 33.1 Å². The molecule has 1 aromatic carbocycles. The minimum absolute atomic E-state index is 0.00246. The van der Waals surface area contributed by atoms with Gasteiger partial charge in [-0.25, -0.2) is 4.39 Å². The molecule has 1 aromatic heterocycles. The van der Waals surface area contributed by atoms with E-state index in [0.29, 0.717) is 10.9 Å². The SMILES string of the molecule is CCCNc1cc(C(C)C)nc2cc(Cl)c(F)c(Cl)c12. The van der Waals surface area contributed by atoms with Crippen molar-refractivity contribution in [3.63, 3.8) is 0 Å². The van der Waals surface area contributed by atoms with Crippen molar-refractivity contribution in [2.75, 3.05) is 11.9 Å². The lowest BCUT2D eigenvalue weighted by atomic mass is 10.1. The number of aromatic nitrogens is 1. The first-order valence-corrected chi connectivity index (χ1v) is 7.43. The number of benzene rings is 1. The molecule has 20 heavy (non-hydrogen) atoms. The Morgan fingerprint density at radius 1 is 1.30 bits per heavy atom. The number of hydrogen-bond donors (Lipinski definition) is 1. The highest BCUT2D eigenvalue weighted by Gasteiger charge is 2.16. The van der Waals surface area contributed by atoms with E-state index in [-0.39, 0.29) is 16.0 Å². The number of rotatable bonds is 4. The summed E-state index contributed by atoms with van der Waals surface area (Å²) in [6, 6.07) is 3.46. The Kier molecular flexibility index (Phi) is 4.71. The zero-order chi connectivity index (χ0) is 14.9. The predicted molar refractivity (Wildman–Crippen MR) is 84.6 cm³/mol. The molecule has 0 saturated heterocycles. The second kappa shape index (κ2) is 6.15. The minimum Gasteiger partial charge on any atom is -0.384 e. The molecule has 1 heterocycles. The Hall–Kier alpha value is -1.06. The first-order valence-electron chi connectivity index (χ1n) is 6.67. The highest BCUT2D eigenvalue weighted by Crippen LogP contribution is 2.36. The molecule has 0 bridgehead atoms. The number of nitrogens with zero attached hydrogens (tertiary/aromatic N) is 1. The lowest BCUT2D eigenvalue weighted by Crippen LogP contribution is -2.04. The zero-order valence-corrected chi connectivity index (χ0v) is 13.2. The fourth-order valence-corrected chi connectivity index (χ4v) is 2.56. The van der Waals surface area contributed by atoms with Crippen LogP contribution in [0.15, 0.2) is 12.1 Å². The van der Waals surface area contributed by atoms with Crippen molar-refractivity contribution >= 4 is 39.8 Å². The molecule has 2 rings (SSSR count). The van der Waals surface area contributed by atoms with Crippen molar-refractivity contribution in [2.24, 2.45) is 0 Å². The van der Waals surface area contributed by atoms with Gasteiger partial charge in [0.15, 0.2) is 5.82 Å². The van der Waals surface area contributed by atoms with E-state index >= 15 is 0 Å². The van der Waals surface area contributed by atoms with Crippen molar-refractivity contribution < 1.29 is 4.39 Å². The topological polar surface area (TPSA) is 24.9 Å². The second-order valence-corrected chi connectivity index (χ2v) is 5.84. The Morgan fingerprint density at radius 3 is 2.60 bits per heavy atom. The van der Waals surface area contributed by atoms with E-state index in [9.17, 15) is 4.39 Å². The van der Waals surface area contributed by atoms with Gasteiger partial charge in [-0.1, -0.05) is 44.0 Å². The molecule has 0 fully saturated rings. The fraction of sp³-hybridized carbons (Fsp3) is 0.400. The smallest absolute Gasteiger partial charge is 0.161 e. The van der Waals surface area contributed by atoms with Gasteiger partial charge in [-0.05, 0) is 24.5 Å². The van der Waals surface area contributed by atoms with Gasteiger partial charge in [0.25, 0.3) is 0 Å². The van der Waals surface area contributed by atoms with Crippen LogP contribution in [0.3, 0.4) is 0 Å². The van der Waals surface area contributed by atoms with Crippen LogP contribution in [0.5, 0.6) is 0 Å². The van der Waals surface area contributed by atoms with E-state index in [4.69, 9.17) is 23.2 Å². The number of nitrogens with one attached hydrogen (secondary N) is 1. The number of halogens is 3. The molecule has 0 spiro atoms. The molecule has 0 aliphatic carbocycles. The van der Waals surface area contributed by atoms with Crippen LogP contribution in [0.2, 0.25) is 10.0 Å². The van der Waals surface area contributed by atoms with Gasteiger partial charge in [-0.15, -0.1) is 0 Å². The van der Waals surface area contributed by atoms with Crippen LogP contribution < -0.4 is 5.32 Å². The summed E-state index contributed by atoms with van der Waals surface area (Å²) in [7, 11) is 0. The predicted octanol–water partition coefficient (Wildman–Crippen LogP) is 5.63. The van der Waals surface area contributed by atoms with Gasteiger partial charge in [0.1, 0.15) is 0 Å². The standard InChI is InChI=1S/C15H17Cl2FN2/c1-4-5-19-11-7-10(8(2)3)20-12-6-9(16)15(18)14(17)13(11)12/h6-8H,4-5H2,1-3H3,(H,19,20). The summed E-state index contributed by atoms with van der Waals surface area (Å²) < 4.78 is 13.9. The van der Waals surface area contributed by atoms with Gasteiger partial charge in [-0.3, -0.25) is 4.98 Å². The highest BCUT2D eigenvalue weighted by atomic mass is 35.5. The molecule has 2 nitrogen and oxygen atoms in total. The van der Waals surface area contributed by atoms with E-state index in [0.717, 1.165) is 24.3 Å². The number of anilines is 1. The van der Waals surface area contributed by atoms with E-state index in [1.54, 1.807) is 0 Å². The van der Waals surface area contributed by atoms with Crippen molar-refractivity contribution in [3.05, 3.63) is 33.7 Å². The monoisotopic (exact) mass is 314 g/mol. The molecule has 108 valence electrons. The molecule has 0 radical (unpaired) electrons. The van der Waals surface area contributed by atoms with Crippen molar-refractivity contribution in [1.82, 2.24) is 4.98 Å². The maximum Gasteiger partial charge on any atom is 0.161 e. The summed E-state index contributed by atoms with van der Waals surface area (Å²) in [6.07, 6.45) is 0.967. The van der Waals surface area contributed by atoms with E-state index in [1.807, 2.05) is 6.07 Å². The highest BCUT2D eigenvalue weighted by molar-refractivity contribution is 6.39. The van der Waals surface area contributed by atoms with Crippen LogP contribution in [0, 0.1) is 5.82 Å². The molecule has 0 aliphatic rings. The maximum absolute atomic E-state index is 13.9. The van der Waals surface area contributed by atoms with E-state index in [1.165, 1.54) is 6.07 Å². The van der Waals surface area contributed by atoms with E-state index < -0.39 is 5.82 Å². The van der Waals surface area contributed by atoms with Gasteiger partial charge in [0.05, 0.1) is 15.6 Å². The molecular weight excluding hydrogens is 298 g/mol. The Bertz CT molecular complexity index is 642. The molecule has 2 aromatic rings. The zero-order valence-electron chi connectivity index (χ0n) is 11.7. The van der Waals surface area contributed by atoms with Crippen LogP contribution in [0.4, 0.5) is 10.1 Å². The summed E-state index contributed by atoms with van der Waals surface area (Å²) in [5, 5.41) is 3.89. The molecule has 0 atom stereocenters. The number of pyridine rings is 1. The quantitative estimate of drug-likeness (QED) is 0.740. The first kappa shape index (κ1) is 15.3. The molecule has 0 amide bonds. The summed E-state index contributed by atoms with van der Waals surface area (Å²) in [4.78, 5) is 4.53. The average molecular weight is 315 g/mol. The fourth-order valence-electron chi connectivity index (χ4n) is 2.01. The molecule has 0 unspecified atom stereocenters.